The number of hydrogen-bond acceptors (Lipinski definition) is 6. The van der Waals surface area contributed by atoms with Crippen molar-refractivity contribution in [2.75, 3.05) is 26.2 Å². The predicted octanol–water partition coefficient (Wildman–Crippen LogP) is 1.05. The van der Waals surface area contributed by atoms with E-state index in [9.17, 15) is 16.8 Å². The van der Waals surface area contributed by atoms with Crippen molar-refractivity contribution in [1.29, 1.82) is 0 Å². The zero-order valence-corrected chi connectivity index (χ0v) is 15.6. The van der Waals surface area contributed by atoms with Gasteiger partial charge in [0, 0.05) is 26.2 Å². The summed E-state index contributed by atoms with van der Waals surface area (Å²) in [7, 11) is -8.01. The standard InChI is InChI=1S/2C6H6O3S.C4H10N2/c2*7-10(8,9)6-4-2-1-3-5-6;1-2-6-4-3-5-1/h2*1-5H,(H,7,8,9);5-6H,1-4H2. The maximum atomic E-state index is 10.4. The lowest BCUT2D eigenvalue weighted by Crippen LogP contribution is -2.39. The fourth-order valence-electron chi connectivity index (χ4n) is 1.79. The van der Waals surface area contributed by atoms with E-state index in [-0.39, 0.29) is 9.79 Å². The molecule has 3 rings (SSSR count). The van der Waals surface area contributed by atoms with Gasteiger partial charge >= 0.3 is 0 Å². The minimum absolute atomic E-state index is 0.0741. The van der Waals surface area contributed by atoms with Gasteiger partial charge in [-0.05, 0) is 24.3 Å². The molecule has 0 amide bonds. The van der Waals surface area contributed by atoms with Gasteiger partial charge in [0.25, 0.3) is 20.2 Å². The molecule has 0 bridgehead atoms. The second kappa shape index (κ2) is 11.0. The van der Waals surface area contributed by atoms with Crippen LogP contribution in [0.15, 0.2) is 70.5 Å². The second-order valence-corrected chi connectivity index (χ2v) is 7.92. The van der Waals surface area contributed by atoms with Gasteiger partial charge in [-0.3, -0.25) is 9.11 Å². The van der Waals surface area contributed by atoms with Crippen molar-refractivity contribution in [3.63, 3.8) is 0 Å². The molecule has 10 heteroatoms. The van der Waals surface area contributed by atoms with Gasteiger partial charge in [0.05, 0.1) is 9.79 Å². The monoisotopic (exact) mass is 402 g/mol. The molecular weight excluding hydrogens is 380 g/mol. The van der Waals surface area contributed by atoms with E-state index in [1.807, 2.05) is 0 Å². The van der Waals surface area contributed by atoms with E-state index in [1.165, 1.54) is 24.3 Å². The summed E-state index contributed by atoms with van der Waals surface area (Å²) in [5, 5.41) is 6.44. The van der Waals surface area contributed by atoms with Crippen molar-refractivity contribution >= 4 is 20.2 Å². The molecule has 0 saturated carbocycles. The molecule has 0 unspecified atom stereocenters. The minimum Gasteiger partial charge on any atom is -0.314 e. The van der Waals surface area contributed by atoms with Crippen molar-refractivity contribution in [3.05, 3.63) is 60.7 Å². The molecule has 8 nitrogen and oxygen atoms in total. The minimum atomic E-state index is -4.00. The fourth-order valence-corrected chi connectivity index (χ4v) is 2.79. The first-order valence-corrected chi connectivity index (χ1v) is 10.6. The molecule has 144 valence electrons. The van der Waals surface area contributed by atoms with Crippen molar-refractivity contribution < 1.29 is 25.9 Å². The van der Waals surface area contributed by atoms with E-state index in [0.717, 1.165) is 26.2 Å². The maximum Gasteiger partial charge on any atom is 0.294 e. The molecule has 1 aliphatic rings. The molecule has 0 aliphatic carbocycles. The van der Waals surface area contributed by atoms with Crippen molar-refractivity contribution in [2.24, 2.45) is 0 Å². The van der Waals surface area contributed by atoms with Crippen molar-refractivity contribution in [2.45, 2.75) is 9.79 Å². The summed E-state index contributed by atoms with van der Waals surface area (Å²) in [5.41, 5.74) is 0. The van der Waals surface area contributed by atoms with Crippen LogP contribution in [0.4, 0.5) is 0 Å². The van der Waals surface area contributed by atoms with Crippen LogP contribution in [0.1, 0.15) is 0 Å². The number of hydrogen-bond donors (Lipinski definition) is 4. The molecule has 26 heavy (non-hydrogen) atoms. The Balaban J connectivity index is 0.000000201. The summed E-state index contributed by atoms with van der Waals surface area (Å²) in [6, 6.07) is 14.8. The molecular formula is C16H22N2O6S2. The summed E-state index contributed by atoms with van der Waals surface area (Å²) in [6.07, 6.45) is 0. The van der Waals surface area contributed by atoms with E-state index in [4.69, 9.17) is 9.11 Å². The van der Waals surface area contributed by atoms with Crippen LogP contribution in [0.2, 0.25) is 0 Å². The summed E-state index contributed by atoms with van der Waals surface area (Å²) < 4.78 is 58.5. The van der Waals surface area contributed by atoms with E-state index in [2.05, 4.69) is 10.6 Å². The first-order valence-electron chi connectivity index (χ1n) is 7.68. The van der Waals surface area contributed by atoms with Gasteiger partial charge < -0.3 is 10.6 Å². The third-order valence-electron chi connectivity index (χ3n) is 3.04. The van der Waals surface area contributed by atoms with Crippen LogP contribution < -0.4 is 10.6 Å². The normalized spacial score (nSPS) is 14.2. The number of benzene rings is 2. The Bertz CT molecular complexity index is 758. The molecule has 0 spiro atoms. The summed E-state index contributed by atoms with van der Waals surface area (Å²) in [4.78, 5) is -0.148. The highest BCUT2D eigenvalue weighted by molar-refractivity contribution is 7.86. The zero-order valence-electron chi connectivity index (χ0n) is 13.9. The molecule has 0 aromatic heterocycles. The van der Waals surface area contributed by atoms with Crippen LogP contribution in [0.5, 0.6) is 0 Å². The molecule has 0 atom stereocenters. The van der Waals surface area contributed by atoms with Crippen LogP contribution >= 0.6 is 0 Å². The molecule has 4 N–H and O–H groups in total. The molecule has 2 aromatic rings. The first-order chi connectivity index (χ1) is 12.2. The van der Waals surface area contributed by atoms with Crippen LogP contribution in [0.3, 0.4) is 0 Å². The zero-order chi connectivity index (χ0) is 19.5. The Hall–Kier alpha value is -1.82. The van der Waals surface area contributed by atoms with E-state index >= 15 is 0 Å². The summed E-state index contributed by atoms with van der Waals surface area (Å²) in [6.45, 7) is 4.56. The van der Waals surface area contributed by atoms with Gasteiger partial charge in [-0.15, -0.1) is 0 Å². The average molecular weight is 402 g/mol. The van der Waals surface area contributed by atoms with Crippen molar-refractivity contribution in [1.82, 2.24) is 10.6 Å². The van der Waals surface area contributed by atoms with Gasteiger partial charge in [-0.25, -0.2) is 0 Å². The Morgan fingerprint density at radius 2 is 0.846 bits per heavy atom. The lowest BCUT2D eigenvalue weighted by atomic mass is 10.4. The van der Waals surface area contributed by atoms with Crippen LogP contribution in [-0.4, -0.2) is 52.1 Å². The van der Waals surface area contributed by atoms with Gasteiger partial charge in [0.1, 0.15) is 0 Å². The van der Waals surface area contributed by atoms with Gasteiger partial charge in [-0.2, -0.15) is 16.8 Å². The molecule has 1 heterocycles. The average Bonchev–Trinajstić information content (AvgIpc) is 2.64. The van der Waals surface area contributed by atoms with Gasteiger partial charge in [-0.1, -0.05) is 36.4 Å². The molecule has 2 aromatic carbocycles. The quantitative estimate of drug-likeness (QED) is 0.548. The number of nitrogens with one attached hydrogen (secondary N) is 2. The SMILES string of the molecule is C1CNCCN1.O=S(=O)(O)c1ccccc1.O=S(=O)(O)c1ccccc1. The third kappa shape index (κ3) is 9.61. The second-order valence-electron chi connectivity index (χ2n) is 5.08. The maximum absolute atomic E-state index is 10.4. The Morgan fingerprint density at radius 3 is 1.00 bits per heavy atom. The topological polar surface area (TPSA) is 133 Å². The molecule has 1 fully saturated rings. The Morgan fingerprint density at radius 1 is 0.577 bits per heavy atom. The number of rotatable bonds is 2. The van der Waals surface area contributed by atoms with Gasteiger partial charge in [0.2, 0.25) is 0 Å². The molecule has 1 saturated heterocycles. The van der Waals surface area contributed by atoms with Crippen molar-refractivity contribution in [3.8, 4) is 0 Å². The van der Waals surface area contributed by atoms with E-state index < -0.39 is 20.2 Å². The van der Waals surface area contributed by atoms with Crippen LogP contribution in [-0.2, 0) is 20.2 Å². The summed E-state index contributed by atoms with van der Waals surface area (Å²) in [5.74, 6) is 0. The van der Waals surface area contributed by atoms with Crippen LogP contribution in [0, 0.1) is 0 Å². The van der Waals surface area contributed by atoms with Gasteiger partial charge in [0.15, 0.2) is 0 Å². The highest BCUT2D eigenvalue weighted by Gasteiger charge is 2.06. The highest BCUT2D eigenvalue weighted by Crippen LogP contribution is 2.05. The highest BCUT2D eigenvalue weighted by atomic mass is 32.2. The predicted molar refractivity (Wildman–Crippen MR) is 98.3 cm³/mol. The Labute approximate surface area is 153 Å². The van der Waals surface area contributed by atoms with Crippen LogP contribution in [0.25, 0.3) is 0 Å². The first kappa shape index (κ1) is 22.2. The van der Waals surface area contributed by atoms with E-state index in [0.29, 0.717) is 0 Å². The smallest absolute Gasteiger partial charge is 0.294 e. The largest absolute Gasteiger partial charge is 0.314 e. The lowest BCUT2D eigenvalue weighted by Gasteiger charge is -2.11. The lowest BCUT2D eigenvalue weighted by molar-refractivity contribution is 0.481. The fraction of sp³-hybridized carbons (Fsp3) is 0.250. The molecule has 1 aliphatic heterocycles. The number of piperazine rings is 1. The third-order valence-corrected chi connectivity index (χ3v) is 4.78. The summed E-state index contributed by atoms with van der Waals surface area (Å²) >= 11 is 0. The molecule has 0 radical (unpaired) electrons. The Kier molecular flexibility index (Phi) is 9.41. The van der Waals surface area contributed by atoms with E-state index in [1.54, 1.807) is 36.4 Å².